The number of aliphatic imine (C=N–C) groups is 1. The average Bonchev–Trinajstić information content (AvgIpc) is 1.47. The maximum absolute atomic E-state index is 15.3. The second-order valence-corrected chi connectivity index (χ2v) is 36.4. The molecule has 1 unspecified atom stereocenters. The zero-order chi connectivity index (χ0) is 99.5. The molecule has 4 fully saturated rings. The normalized spacial score (nSPS) is 22.5. The fourth-order valence-electron chi connectivity index (χ4n) is 19.8. The number of benzene rings is 3. The predicted molar refractivity (Wildman–Crippen MR) is 483 cm³/mol. The smallest absolute Gasteiger partial charge is 0.426 e. The molecule has 5 amide bonds. The van der Waals surface area contributed by atoms with Crippen LogP contribution in [0, 0.1) is 23.2 Å². The number of aromatic amines is 2. The number of H-pyrrole nitrogens is 2. The second-order valence-electron chi connectivity index (χ2n) is 33.7. The number of aliphatic hydroxyl groups excluding tert-OH is 1. The summed E-state index contributed by atoms with van der Waals surface area (Å²) in [5.41, 5.74) is 21.3. The fraction of sp³-hybridized carbons (Fsp3) is 0.539. The lowest BCUT2D eigenvalue weighted by atomic mass is 9.46. The van der Waals surface area contributed by atoms with Crippen molar-refractivity contribution in [1.29, 1.82) is 0 Å². The number of nitrogen functional groups attached to an aromatic ring is 1. The van der Waals surface area contributed by atoms with Gasteiger partial charge in [-0.1, -0.05) is 67.5 Å². The van der Waals surface area contributed by atoms with Gasteiger partial charge in [-0.15, -0.1) is 0 Å². The number of anilines is 3. The third-order valence-electron chi connectivity index (χ3n) is 25.5. The van der Waals surface area contributed by atoms with Gasteiger partial charge in [-0.2, -0.15) is 52.9 Å². The van der Waals surface area contributed by atoms with Crippen LogP contribution in [0.25, 0.3) is 22.1 Å². The molecule has 0 radical (unpaired) electrons. The lowest BCUT2D eigenvalue weighted by Crippen LogP contribution is -2.82. The van der Waals surface area contributed by atoms with Gasteiger partial charge in [-0.05, 0) is 151 Å². The second kappa shape index (κ2) is 51.4. The predicted octanol–water partition coefficient (Wildman–Crippen LogP) is 1.95. The van der Waals surface area contributed by atoms with E-state index in [9.17, 15) is 58.5 Å². The maximum atomic E-state index is 15.3. The van der Waals surface area contributed by atoms with Crippen molar-refractivity contribution in [2.24, 2.45) is 39.6 Å². The monoisotopic (exact) mass is 1920 g/mol. The summed E-state index contributed by atoms with van der Waals surface area (Å²) in [7, 11) is 6.26. The van der Waals surface area contributed by atoms with Gasteiger partial charge in [0.05, 0.1) is 54.7 Å². The summed E-state index contributed by atoms with van der Waals surface area (Å²) >= 11 is 0. The van der Waals surface area contributed by atoms with Crippen molar-refractivity contribution >= 4 is 151 Å². The standard InChI is InChI=1S/C84H114N18O16S2.5CO2.H2/c1-8-80(114)40-51-41-82(46-117-47-103,67-57(25-31-101(44-51)45-80)56-17-10-11-18-60(56)94-67)59-38-58-62(39-65(59)116-7)100(6)74-83(58)27-32-102-30-15-26-81(9-2,73(83)102)75(111)84(74,115)76(112)98-99-79(113)118-33-35-120-119-34-14-20-63(105)50(5)92-69(107)49(4)37-64(106)61(19-13-29-89-77(85)86)95-70(108)48(3)36-55(104)16-12-28-88-71(109)52-21-23-53(24-22-52)90-42-54-43-91-68-66(93-54)72(110)97-78(87)96-68;5*2-1-3;/h10-11,17-18,21-24,38-39,43,47-51,61,73-75,90,94,111,114-115H,8-9,12-16,19-20,25-37,40-42,44-46H2,1-7H3,(H,88,109)(H,92,107)(H,95,108)(H,98,112)(H,99,113)(H4,85,86,89)(H3,87,91,96,97,110);;;;;;1H/t48-,49+,50-,51+,61-,73-,74+,75+,80-,81+,82-,83+,84-;;;;;;/m0....../s1/i;;;;;;1+1. The number of aromatic nitrogens is 5. The lowest BCUT2D eigenvalue weighted by molar-refractivity contribution is -0.222. The van der Waals surface area contributed by atoms with E-state index in [-0.39, 0.29) is 150 Å². The van der Waals surface area contributed by atoms with Gasteiger partial charge in [0.2, 0.25) is 17.8 Å². The molecule has 8 heterocycles. The van der Waals surface area contributed by atoms with Crippen LogP contribution < -0.4 is 64.5 Å². The summed E-state index contributed by atoms with van der Waals surface area (Å²) < 4.78 is 18.0. The number of ketones is 3. The summed E-state index contributed by atoms with van der Waals surface area (Å²) in [6, 6.07) is 15.6. The van der Waals surface area contributed by atoms with E-state index in [0.717, 1.165) is 39.8 Å². The molecule has 1 saturated carbocycles. The Kier molecular flexibility index (Phi) is 41.5. The van der Waals surface area contributed by atoms with Gasteiger partial charge in [-0.3, -0.25) is 68.4 Å². The Hall–Kier alpha value is -13.1. The third kappa shape index (κ3) is 26.5. The maximum Gasteiger partial charge on any atom is 0.426 e. The molecule has 3 aromatic heterocycles. The number of aliphatic hydroxyl groups is 3. The number of hydrazine groups is 1. The molecule has 46 heteroatoms. The van der Waals surface area contributed by atoms with Crippen LogP contribution in [0.3, 0.4) is 0 Å². The number of hydrogen-bond acceptors (Lipinski definition) is 37. The number of amides is 5. The highest BCUT2D eigenvalue weighted by atomic mass is 33.1. The highest BCUT2D eigenvalue weighted by Gasteiger charge is 2.79. The van der Waals surface area contributed by atoms with Crippen LogP contribution in [0.1, 0.15) is 171 Å². The van der Waals surface area contributed by atoms with Gasteiger partial charge in [0, 0.05) is 152 Å². The molecular formula is C89H116N18O26S2. The summed E-state index contributed by atoms with van der Waals surface area (Å²) in [5.74, 6) is -4.02. The van der Waals surface area contributed by atoms with Crippen LogP contribution in [0.15, 0.2) is 76.6 Å². The zero-order valence-electron chi connectivity index (χ0n) is 75.8. The molecule has 14 atom stereocenters. The zero-order valence-corrected chi connectivity index (χ0v) is 77.4. The Labute approximate surface area is 784 Å². The first-order valence-electron chi connectivity index (χ1n) is 43.6. The van der Waals surface area contributed by atoms with Crippen molar-refractivity contribution in [3.8, 4) is 5.75 Å². The summed E-state index contributed by atoms with van der Waals surface area (Å²) in [4.78, 5) is 245. The molecule has 1 spiro atoms. The molecule has 17 N–H and O–H groups in total. The van der Waals surface area contributed by atoms with Crippen molar-refractivity contribution < 1.29 is 122 Å². The minimum Gasteiger partial charge on any atom is -0.496 e. The SMILES string of the molecule is CC[C@]1(O)C[C@H]2CN(CCc3c([nH]c4ccccc34)[C@@](COC=O)(c3cc4c(cc3OC)N(C)[C@H]3[C@@](O)(C(=O)NNC(=O)OCCSSCCCC(=O)[C@H](C)NC(=O)[C@H](C)CC(=O)[C@H](CCCN=C(N)N)NC(=O)[C@@H](C)CC(=O)CCCNC(=O)c5ccc(NCc6cnc7nc(N)[nH]c(=O)c7n6)cc5)[C@H](O)[C@]5(CC)CCCN6CC[C@]43[C@@H]65)C2)C1.O=C=O.O=C=O.O=C=O.O=C=O.O=C=O.[2HH]. The van der Waals surface area contributed by atoms with Crippen LogP contribution in [-0.4, -0.2) is 266 Å². The highest BCUT2D eigenvalue weighted by Crippen LogP contribution is 2.68. The molecule has 2 bridgehead atoms. The van der Waals surface area contributed by atoms with Gasteiger partial charge in [0.15, 0.2) is 34.3 Å². The number of nitrogens with zero attached hydrogens (tertiary/aromatic N) is 7. The van der Waals surface area contributed by atoms with Gasteiger partial charge in [0.25, 0.3) is 23.8 Å². The topological polar surface area (TPSA) is 672 Å². The average molecular weight is 1920 g/mol. The van der Waals surface area contributed by atoms with Crippen molar-refractivity contribution in [2.45, 2.75) is 196 Å². The largest absolute Gasteiger partial charge is 0.496 e. The van der Waals surface area contributed by atoms with E-state index in [0.29, 0.717) is 143 Å². The molecule has 3 saturated heterocycles. The number of carbonyl (C=O) groups is 9. The molecule has 12 rings (SSSR count). The van der Waals surface area contributed by atoms with Crippen LogP contribution in [0.4, 0.5) is 22.1 Å². The van der Waals surface area contributed by atoms with Crippen LogP contribution in [0.5, 0.6) is 5.75 Å². The lowest BCUT2D eigenvalue weighted by Gasteiger charge is -2.64. The molecule has 3 aromatic carbocycles. The van der Waals surface area contributed by atoms with E-state index < -0.39 is 98.7 Å². The molecule has 6 aliphatic rings. The number of para-hydroxylation sites is 1. The number of methoxy groups -OCH3 is 1. The number of rotatable bonds is 38. The number of nitrogens with one attached hydrogen (secondary N) is 8. The number of ether oxygens (including phenoxy) is 3. The molecular weight excluding hydrogens is 1800 g/mol. The van der Waals surface area contributed by atoms with Crippen LogP contribution >= 0.6 is 21.6 Å². The van der Waals surface area contributed by atoms with Crippen LogP contribution in [-0.2, 0) is 115 Å². The number of piperidine rings is 2. The number of carbonyl (C=O) groups excluding carboxylic acids is 19. The van der Waals surface area contributed by atoms with Crippen molar-refractivity contribution in [3.63, 3.8) is 0 Å². The van der Waals surface area contributed by atoms with E-state index in [1.165, 1.54) is 27.8 Å². The first-order chi connectivity index (χ1) is 64.5. The number of Topliss-reactive ketones (excluding diaryl/α,β-unsaturated/α-hetero) is 3. The Morgan fingerprint density at radius 2 is 1.45 bits per heavy atom. The molecule has 44 nitrogen and oxygen atoms in total. The first kappa shape index (κ1) is 109. The van der Waals surface area contributed by atoms with Gasteiger partial charge >= 0.3 is 36.9 Å². The number of likely N-dealkylation sites (N-methyl/N-ethyl adjacent to an activating group) is 1. The number of fused-ring (bicyclic) bond motifs is 7. The Balaban J connectivity index is 0.00000166. The van der Waals surface area contributed by atoms with Crippen molar-refractivity contribution in [2.75, 3.05) is 101 Å². The van der Waals surface area contributed by atoms with Crippen molar-refractivity contribution in [1.82, 2.24) is 61.5 Å². The number of hydrogen-bond donors (Lipinski definition) is 14. The van der Waals surface area contributed by atoms with E-state index in [1.54, 1.807) is 52.1 Å². The Bertz CT molecular complexity index is 5380. The van der Waals surface area contributed by atoms with Crippen LogP contribution in [0.2, 0.25) is 0 Å². The van der Waals surface area contributed by atoms with E-state index in [2.05, 4.69) is 90.0 Å². The van der Waals surface area contributed by atoms with Gasteiger partial charge < -0.3 is 77.9 Å². The number of nitrogens with two attached hydrogens (primary N) is 3. The van der Waals surface area contributed by atoms with Gasteiger partial charge in [-0.25, -0.2) is 20.2 Å². The molecule has 1 aliphatic carbocycles. The quantitative estimate of drug-likeness (QED) is 0.00658. The Morgan fingerprint density at radius 1 is 0.778 bits per heavy atom. The Morgan fingerprint density at radius 3 is 2.12 bits per heavy atom. The summed E-state index contributed by atoms with van der Waals surface area (Å²) in [5, 5.41) is 51.5. The minimum atomic E-state index is -2.53. The third-order valence-corrected chi connectivity index (χ3v) is 28.0. The fourth-order valence-corrected chi connectivity index (χ4v) is 21.8. The molecule has 135 heavy (non-hydrogen) atoms. The van der Waals surface area contributed by atoms with E-state index in [4.69, 9.17) is 79.4 Å². The van der Waals surface area contributed by atoms with E-state index in [1.807, 2.05) is 44.0 Å². The summed E-state index contributed by atoms with van der Waals surface area (Å²) in [6.45, 7) is 12.9. The van der Waals surface area contributed by atoms with Crippen molar-refractivity contribution in [3.05, 3.63) is 111 Å². The summed E-state index contributed by atoms with van der Waals surface area (Å²) in [6.07, 6.45) is 5.44. The minimum absolute atomic E-state index is 0. The first-order valence-corrected chi connectivity index (χ1v) is 46.0. The molecule has 6 aromatic rings. The molecule has 730 valence electrons. The highest BCUT2D eigenvalue weighted by molar-refractivity contribution is 8.76. The van der Waals surface area contributed by atoms with Gasteiger partial charge in [0.1, 0.15) is 30.9 Å². The van der Waals surface area contributed by atoms with E-state index >= 15 is 4.79 Å². The molecule has 5 aliphatic heterocycles. The number of guanidine groups is 1.